The Balaban J connectivity index is 1.59. The summed E-state index contributed by atoms with van der Waals surface area (Å²) in [5, 5.41) is 7.39. The fraction of sp³-hybridized carbons (Fsp3) is 0.130. The first-order chi connectivity index (χ1) is 13.8. The highest BCUT2D eigenvalue weighted by molar-refractivity contribution is 5.62. The fourth-order valence-corrected chi connectivity index (χ4v) is 3.29. The molecule has 1 N–H and O–H groups in total. The van der Waals surface area contributed by atoms with Crippen LogP contribution in [0.3, 0.4) is 0 Å². The van der Waals surface area contributed by atoms with Gasteiger partial charge in [-0.05, 0) is 34.9 Å². The zero-order chi connectivity index (χ0) is 19.2. The van der Waals surface area contributed by atoms with E-state index in [1.54, 1.807) is 6.20 Å². The van der Waals surface area contributed by atoms with Gasteiger partial charge in [-0.3, -0.25) is 15.0 Å². The quantitative estimate of drug-likeness (QED) is 0.506. The van der Waals surface area contributed by atoms with E-state index in [9.17, 15) is 4.39 Å². The van der Waals surface area contributed by atoms with Crippen molar-refractivity contribution in [3.63, 3.8) is 0 Å². The van der Waals surface area contributed by atoms with Gasteiger partial charge in [0.1, 0.15) is 5.82 Å². The molecule has 2 heterocycles. The van der Waals surface area contributed by atoms with E-state index in [0.29, 0.717) is 13.1 Å². The lowest BCUT2D eigenvalue weighted by Crippen LogP contribution is -2.22. The number of aromatic nitrogens is 3. The monoisotopic (exact) mass is 372 g/mol. The molecule has 140 valence electrons. The highest BCUT2D eigenvalue weighted by atomic mass is 19.1. The van der Waals surface area contributed by atoms with Crippen LogP contribution in [0.15, 0.2) is 85.3 Å². The highest BCUT2D eigenvalue weighted by Gasteiger charge is 2.14. The van der Waals surface area contributed by atoms with Crippen molar-refractivity contribution in [2.24, 2.45) is 0 Å². The molecule has 4 nitrogen and oxygen atoms in total. The Morgan fingerprint density at radius 2 is 1.57 bits per heavy atom. The molecule has 0 unspecified atom stereocenters. The number of nitrogens with zero attached hydrogens (tertiary/aromatic N) is 3. The molecule has 5 heteroatoms. The van der Waals surface area contributed by atoms with Crippen molar-refractivity contribution in [1.82, 2.24) is 20.1 Å². The zero-order valence-corrected chi connectivity index (χ0v) is 15.4. The first kappa shape index (κ1) is 18.1. The molecule has 0 spiro atoms. The Bertz CT molecular complexity index is 998. The molecule has 0 aliphatic carbocycles. The van der Waals surface area contributed by atoms with Gasteiger partial charge in [0.2, 0.25) is 0 Å². The van der Waals surface area contributed by atoms with Crippen molar-refractivity contribution in [3.05, 3.63) is 108 Å². The van der Waals surface area contributed by atoms with Gasteiger partial charge in [-0.2, -0.15) is 5.10 Å². The summed E-state index contributed by atoms with van der Waals surface area (Å²) in [5.74, 6) is -0.219. The van der Waals surface area contributed by atoms with Crippen LogP contribution in [0.25, 0.3) is 11.3 Å². The summed E-state index contributed by atoms with van der Waals surface area (Å²) in [4.78, 5) is 6.53. The first-order valence-electron chi connectivity index (χ1n) is 9.21. The van der Waals surface area contributed by atoms with Crippen LogP contribution >= 0.6 is 0 Å². The second-order valence-corrected chi connectivity index (χ2v) is 6.77. The van der Waals surface area contributed by atoms with Crippen LogP contribution in [0.1, 0.15) is 16.7 Å². The standard InChI is InChI=1S/C23H21FN4/c24-22-10-8-18(9-11-22)15-28(16-19-5-4-12-25-13-19)17-21-14-26-27-23(21)20-6-2-1-3-7-20/h1-14H,15-17H2,(H,26,27). The van der Waals surface area contributed by atoms with E-state index in [-0.39, 0.29) is 5.82 Å². The van der Waals surface area contributed by atoms with Gasteiger partial charge in [0.05, 0.1) is 11.9 Å². The Morgan fingerprint density at radius 1 is 0.786 bits per heavy atom. The number of benzene rings is 2. The Kier molecular flexibility index (Phi) is 5.54. The van der Waals surface area contributed by atoms with Crippen LogP contribution in [-0.4, -0.2) is 20.1 Å². The van der Waals surface area contributed by atoms with Crippen molar-refractivity contribution >= 4 is 0 Å². The van der Waals surface area contributed by atoms with Gasteiger partial charge in [0, 0.05) is 37.6 Å². The average molecular weight is 372 g/mol. The number of hydrogen-bond acceptors (Lipinski definition) is 3. The number of pyridine rings is 1. The second-order valence-electron chi connectivity index (χ2n) is 6.77. The third kappa shape index (κ3) is 4.50. The maximum atomic E-state index is 13.3. The lowest BCUT2D eigenvalue weighted by Gasteiger charge is -2.22. The fourth-order valence-electron chi connectivity index (χ4n) is 3.29. The minimum Gasteiger partial charge on any atom is -0.290 e. The molecule has 0 amide bonds. The van der Waals surface area contributed by atoms with Crippen LogP contribution in [0.5, 0.6) is 0 Å². The predicted molar refractivity (Wildman–Crippen MR) is 108 cm³/mol. The molecule has 2 aromatic heterocycles. The predicted octanol–water partition coefficient (Wildman–Crippen LogP) is 4.81. The van der Waals surface area contributed by atoms with Gasteiger partial charge in [0.25, 0.3) is 0 Å². The number of hydrogen-bond donors (Lipinski definition) is 1. The number of H-pyrrole nitrogens is 1. The smallest absolute Gasteiger partial charge is 0.123 e. The summed E-state index contributed by atoms with van der Waals surface area (Å²) < 4.78 is 13.3. The summed E-state index contributed by atoms with van der Waals surface area (Å²) in [5.41, 5.74) is 5.45. The number of rotatable bonds is 7. The van der Waals surface area contributed by atoms with Crippen LogP contribution in [-0.2, 0) is 19.6 Å². The number of aromatic amines is 1. The molecule has 4 rings (SSSR count). The minimum atomic E-state index is -0.219. The molecule has 0 aliphatic heterocycles. The maximum Gasteiger partial charge on any atom is 0.123 e. The SMILES string of the molecule is Fc1ccc(CN(Cc2cccnc2)Cc2cn[nH]c2-c2ccccc2)cc1. The second kappa shape index (κ2) is 8.59. The van der Waals surface area contributed by atoms with Gasteiger partial charge < -0.3 is 0 Å². The third-order valence-corrected chi connectivity index (χ3v) is 4.62. The van der Waals surface area contributed by atoms with E-state index in [1.165, 1.54) is 12.1 Å². The molecule has 0 aliphatic rings. The minimum absolute atomic E-state index is 0.219. The highest BCUT2D eigenvalue weighted by Crippen LogP contribution is 2.23. The van der Waals surface area contributed by atoms with Gasteiger partial charge >= 0.3 is 0 Å². The molecule has 4 aromatic rings. The molecular weight excluding hydrogens is 351 g/mol. The van der Waals surface area contributed by atoms with E-state index in [4.69, 9.17) is 0 Å². The van der Waals surface area contributed by atoms with Crippen molar-refractivity contribution in [1.29, 1.82) is 0 Å². The summed E-state index contributed by atoms with van der Waals surface area (Å²) in [6.45, 7) is 2.16. The van der Waals surface area contributed by atoms with E-state index < -0.39 is 0 Å². The molecule has 0 radical (unpaired) electrons. The molecule has 0 bridgehead atoms. The molecule has 28 heavy (non-hydrogen) atoms. The van der Waals surface area contributed by atoms with Crippen molar-refractivity contribution in [2.75, 3.05) is 0 Å². The van der Waals surface area contributed by atoms with E-state index in [0.717, 1.165) is 34.5 Å². The van der Waals surface area contributed by atoms with Crippen LogP contribution in [0, 0.1) is 5.82 Å². The summed E-state index contributed by atoms with van der Waals surface area (Å²) in [6, 6.07) is 20.9. The number of nitrogens with one attached hydrogen (secondary N) is 1. The topological polar surface area (TPSA) is 44.8 Å². The maximum absolute atomic E-state index is 13.3. The first-order valence-corrected chi connectivity index (χ1v) is 9.21. The zero-order valence-electron chi connectivity index (χ0n) is 15.4. The van der Waals surface area contributed by atoms with Gasteiger partial charge in [-0.1, -0.05) is 48.5 Å². The normalized spacial score (nSPS) is 11.1. The lowest BCUT2D eigenvalue weighted by atomic mass is 10.1. The van der Waals surface area contributed by atoms with Crippen molar-refractivity contribution in [2.45, 2.75) is 19.6 Å². The van der Waals surface area contributed by atoms with E-state index >= 15 is 0 Å². The van der Waals surface area contributed by atoms with Crippen LogP contribution in [0.2, 0.25) is 0 Å². The third-order valence-electron chi connectivity index (χ3n) is 4.62. The average Bonchev–Trinajstić information content (AvgIpc) is 3.19. The van der Waals surface area contributed by atoms with Crippen molar-refractivity contribution in [3.8, 4) is 11.3 Å². The summed E-state index contributed by atoms with van der Waals surface area (Å²) >= 11 is 0. The summed E-state index contributed by atoms with van der Waals surface area (Å²) in [6.07, 6.45) is 5.53. The Morgan fingerprint density at radius 3 is 2.32 bits per heavy atom. The van der Waals surface area contributed by atoms with Crippen LogP contribution < -0.4 is 0 Å². The molecule has 0 fully saturated rings. The lowest BCUT2D eigenvalue weighted by molar-refractivity contribution is 0.247. The van der Waals surface area contributed by atoms with E-state index in [1.807, 2.05) is 48.8 Å². The largest absolute Gasteiger partial charge is 0.290 e. The Hall–Kier alpha value is -3.31. The molecular formula is C23H21FN4. The van der Waals surface area contributed by atoms with Gasteiger partial charge in [-0.25, -0.2) is 4.39 Å². The molecule has 0 saturated carbocycles. The summed E-state index contributed by atoms with van der Waals surface area (Å²) in [7, 11) is 0. The van der Waals surface area contributed by atoms with Gasteiger partial charge in [0.15, 0.2) is 0 Å². The molecule has 2 aromatic carbocycles. The van der Waals surface area contributed by atoms with Gasteiger partial charge in [-0.15, -0.1) is 0 Å². The number of halogens is 1. The van der Waals surface area contributed by atoms with Crippen LogP contribution in [0.4, 0.5) is 4.39 Å². The molecule has 0 saturated heterocycles. The van der Waals surface area contributed by atoms with E-state index in [2.05, 4.69) is 38.3 Å². The van der Waals surface area contributed by atoms with Crippen molar-refractivity contribution < 1.29 is 4.39 Å². The molecule has 0 atom stereocenters. The Labute approximate surface area is 163 Å².